The van der Waals surface area contributed by atoms with Gasteiger partial charge in [-0.15, -0.1) is 11.8 Å². The molecule has 0 bridgehead atoms. The molecule has 2 unspecified atom stereocenters. The van der Waals surface area contributed by atoms with Crippen molar-refractivity contribution in [3.05, 3.63) is 35.9 Å². The lowest BCUT2D eigenvalue weighted by Crippen LogP contribution is -2.28. The lowest BCUT2D eigenvalue weighted by molar-refractivity contribution is -0.133. The van der Waals surface area contributed by atoms with Crippen LogP contribution in [0.5, 0.6) is 0 Å². The molecule has 0 aliphatic heterocycles. The second-order valence-electron chi connectivity index (χ2n) is 4.31. The van der Waals surface area contributed by atoms with Crippen LogP contribution in [-0.4, -0.2) is 34.5 Å². The number of hydrogen-bond donors (Lipinski definition) is 2. The van der Waals surface area contributed by atoms with Gasteiger partial charge in [0.1, 0.15) is 0 Å². The Morgan fingerprint density at radius 2 is 2.00 bits per heavy atom. The van der Waals surface area contributed by atoms with Crippen LogP contribution in [0.3, 0.4) is 0 Å². The smallest absolute Gasteiger partial charge is 0.313 e. The van der Waals surface area contributed by atoms with Gasteiger partial charge in [-0.3, -0.25) is 9.59 Å². The van der Waals surface area contributed by atoms with Gasteiger partial charge in [-0.25, -0.2) is 0 Å². The van der Waals surface area contributed by atoms with E-state index in [0.717, 1.165) is 18.2 Å². The standard InChI is InChI=1S/C13H15NO3S/c15-12(7-18-8-13(16)17)14-11-6-10(11)9-4-2-1-3-5-9/h1-5,10-11H,6-8H2,(H,14,15)(H,16,17). The van der Waals surface area contributed by atoms with Crippen LogP contribution in [0.4, 0.5) is 0 Å². The predicted octanol–water partition coefficient (Wildman–Crippen LogP) is 1.48. The monoisotopic (exact) mass is 265 g/mol. The van der Waals surface area contributed by atoms with E-state index in [4.69, 9.17) is 5.11 Å². The Hall–Kier alpha value is -1.49. The molecule has 0 spiro atoms. The maximum Gasteiger partial charge on any atom is 0.313 e. The van der Waals surface area contributed by atoms with Gasteiger partial charge >= 0.3 is 5.97 Å². The lowest BCUT2D eigenvalue weighted by Gasteiger charge is -2.04. The maximum absolute atomic E-state index is 11.5. The van der Waals surface area contributed by atoms with Crippen molar-refractivity contribution in [1.29, 1.82) is 0 Å². The summed E-state index contributed by atoms with van der Waals surface area (Å²) < 4.78 is 0. The largest absolute Gasteiger partial charge is 0.481 e. The summed E-state index contributed by atoms with van der Waals surface area (Å²) in [5, 5.41) is 11.4. The molecular weight excluding hydrogens is 250 g/mol. The molecule has 18 heavy (non-hydrogen) atoms. The number of hydrogen-bond acceptors (Lipinski definition) is 3. The van der Waals surface area contributed by atoms with Gasteiger partial charge in [-0.05, 0) is 12.0 Å². The summed E-state index contributed by atoms with van der Waals surface area (Å²) in [5.74, 6) is -0.365. The Balaban J connectivity index is 1.70. The van der Waals surface area contributed by atoms with Crippen LogP contribution < -0.4 is 5.32 Å². The van der Waals surface area contributed by atoms with Crippen LogP contribution >= 0.6 is 11.8 Å². The Kier molecular flexibility index (Phi) is 4.25. The minimum absolute atomic E-state index is 0.0276. The zero-order chi connectivity index (χ0) is 13.0. The Labute approximate surface area is 110 Å². The molecule has 0 aromatic heterocycles. The number of nitrogens with one attached hydrogen (secondary N) is 1. The first-order valence-electron chi connectivity index (χ1n) is 5.80. The second-order valence-corrected chi connectivity index (χ2v) is 5.30. The third-order valence-electron chi connectivity index (χ3n) is 2.82. The Bertz CT molecular complexity index is 435. The number of thioether (sulfide) groups is 1. The van der Waals surface area contributed by atoms with Gasteiger partial charge in [0.25, 0.3) is 0 Å². The fourth-order valence-corrected chi connectivity index (χ4v) is 2.45. The molecule has 0 heterocycles. The molecular formula is C13H15NO3S. The summed E-state index contributed by atoms with van der Waals surface area (Å²) in [7, 11) is 0. The molecule has 4 nitrogen and oxygen atoms in total. The minimum Gasteiger partial charge on any atom is -0.481 e. The highest BCUT2D eigenvalue weighted by Gasteiger charge is 2.39. The average Bonchev–Trinajstić information content (AvgIpc) is 3.09. The number of carboxylic acid groups (broad SMARTS) is 1. The molecule has 1 amide bonds. The van der Waals surface area contributed by atoms with E-state index in [9.17, 15) is 9.59 Å². The molecule has 96 valence electrons. The van der Waals surface area contributed by atoms with E-state index in [0.29, 0.717) is 5.92 Å². The molecule has 0 radical (unpaired) electrons. The average molecular weight is 265 g/mol. The molecule has 0 saturated heterocycles. The van der Waals surface area contributed by atoms with Gasteiger partial charge in [0.2, 0.25) is 5.91 Å². The van der Waals surface area contributed by atoms with Crippen molar-refractivity contribution in [3.8, 4) is 0 Å². The molecule has 1 aliphatic carbocycles. The number of amides is 1. The van der Waals surface area contributed by atoms with Crippen molar-refractivity contribution in [2.75, 3.05) is 11.5 Å². The summed E-state index contributed by atoms with van der Waals surface area (Å²) in [5.41, 5.74) is 1.25. The zero-order valence-corrected chi connectivity index (χ0v) is 10.7. The predicted molar refractivity (Wildman–Crippen MR) is 70.7 cm³/mol. The molecule has 1 aromatic carbocycles. The third kappa shape index (κ3) is 3.77. The van der Waals surface area contributed by atoms with Crippen LogP contribution in [0, 0.1) is 0 Å². The van der Waals surface area contributed by atoms with Crippen molar-refractivity contribution >= 4 is 23.6 Å². The summed E-state index contributed by atoms with van der Waals surface area (Å²) in [6, 6.07) is 10.3. The van der Waals surface area contributed by atoms with Crippen LogP contribution in [0.1, 0.15) is 17.9 Å². The molecule has 1 saturated carbocycles. The maximum atomic E-state index is 11.5. The quantitative estimate of drug-likeness (QED) is 0.817. The van der Waals surface area contributed by atoms with Gasteiger partial charge in [0, 0.05) is 12.0 Å². The number of rotatable bonds is 6. The Morgan fingerprint density at radius 1 is 1.28 bits per heavy atom. The number of carbonyl (C=O) groups excluding carboxylic acids is 1. The van der Waals surface area contributed by atoms with Crippen molar-refractivity contribution in [2.45, 2.75) is 18.4 Å². The molecule has 1 aliphatic rings. The topological polar surface area (TPSA) is 66.4 Å². The van der Waals surface area contributed by atoms with Gasteiger partial charge in [0.15, 0.2) is 0 Å². The molecule has 1 aromatic rings. The minimum atomic E-state index is -0.888. The Morgan fingerprint density at radius 3 is 2.67 bits per heavy atom. The van der Waals surface area contributed by atoms with E-state index in [1.165, 1.54) is 5.56 Å². The fraction of sp³-hybridized carbons (Fsp3) is 0.385. The zero-order valence-electron chi connectivity index (χ0n) is 9.83. The number of benzene rings is 1. The second kappa shape index (κ2) is 5.91. The summed E-state index contributed by atoms with van der Waals surface area (Å²) in [6.45, 7) is 0. The number of carboxylic acids is 1. The first-order valence-corrected chi connectivity index (χ1v) is 6.96. The molecule has 2 atom stereocenters. The molecule has 2 N–H and O–H groups in total. The van der Waals surface area contributed by atoms with Gasteiger partial charge < -0.3 is 10.4 Å². The summed E-state index contributed by atoms with van der Waals surface area (Å²) in [4.78, 5) is 21.8. The van der Waals surface area contributed by atoms with Crippen molar-refractivity contribution < 1.29 is 14.7 Å². The van der Waals surface area contributed by atoms with Gasteiger partial charge in [-0.2, -0.15) is 0 Å². The van der Waals surface area contributed by atoms with Crippen LogP contribution in [0.2, 0.25) is 0 Å². The van der Waals surface area contributed by atoms with Crippen molar-refractivity contribution in [2.24, 2.45) is 0 Å². The third-order valence-corrected chi connectivity index (χ3v) is 3.74. The fourth-order valence-electron chi connectivity index (χ4n) is 1.90. The van der Waals surface area contributed by atoms with Crippen LogP contribution in [-0.2, 0) is 9.59 Å². The van der Waals surface area contributed by atoms with Crippen LogP contribution in [0.15, 0.2) is 30.3 Å². The van der Waals surface area contributed by atoms with Gasteiger partial charge in [0.05, 0.1) is 11.5 Å². The summed E-state index contributed by atoms with van der Waals surface area (Å²) >= 11 is 1.12. The van der Waals surface area contributed by atoms with E-state index in [2.05, 4.69) is 17.4 Å². The van der Waals surface area contributed by atoms with E-state index >= 15 is 0 Å². The highest BCUT2D eigenvalue weighted by atomic mass is 32.2. The van der Waals surface area contributed by atoms with Crippen molar-refractivity contribution in [1.82, 2.24) is 5.32 Å². The number of carbonyl (C=O) groups is 2. The highest BCUT2D eigenvalue weighted by molar-refractivity contribution is 8.00. The number of aliphatic carboxylic acids is 1. The molecule has 5 heteroatoms. The SMILES string of the molecule is O=C(O)CSCC(=O)NC1CC1c1ccccc1. The first kappa shape index (κ1) is 13.0. The van der Waals surface area contributed by atoms with E-state index < -0.39 is 5.97 Å². The van der Waals surface area contributed by atoms with Crippen molar-refractivity contribution in [3.63, 3.8) is 0 Å². The van der Waals surface area contributed by atoms with E-state index in [1.807, 2.05) is 18.2 Å². The van der Waals surface area contributed by atoms with E-state index in [1.54, 1.807) is 0 Å². The highest BCUT2D eigenvalue weighted by Crippen LogP contribution is 2.40. The van der Waals surface area contributed by atoms with E-state index in [-0.39, 0.29) is 23.5 Å². The van der Waals surface area contributed by atoms with Crippen LogP contribution in [0.25, 0.3) is 0 Å². The lowest BCUT2D eigenvalue weighted by atomic mass is 10.1. The first-order chi connectivity index (χ1) is 8.66. The molecule has 2 rings (SSSR count). The normalized spacial score (nSPS) is 21.3. The summed E-state index contributed by atoms with van der Waals surface area (Å²) in [6.07, 6.45) is 0.972. The van der Waals surface area contributed by atoms with Gasteiger partial charge in [-0.1, -0.05) is 30.3 Å². The molecule has 1 fully saturated rings.